The smallest absolute Gasteiger partial charge is 0.193 e. The Hall–Kier alpha value is -2.00. The van der Waals surface area contributed by atoms with Gasteiger partial charge in [0.1, 0.15) is 5.82 Å². The van der Waals surface area contributed by atoms with Crippen molar-refractivity contribution >= 4 is 5.78 Å². The molecule has 1 aliphatic heterocycles. The van der Waals surface area contributed by atoms with Crippen LogP contribution >= 0.6 is 0 Å². The van der Waals surface area contributed by atoms with E-state index in [9.17, 15) is 9.18 Å². The van der Waals surface area contributed by atoms with Gasteiger partial charge in [-0.05, 0) is 60.8 Å². The largest absolute Gasteiger partial charge is 0.312 e. The summed E-state index contributed by atoms with van der Waals surface area (Å²) in [6, 6.07) is 10.3. The van der Waals surface area contributed by atoms with E-state index < -0.39 is 0 Å². The quantitative estimate of drug-likeness (QED) is 0.849. The van der Waals surface area contributed by atoms with Crippen LogP contribution in [0, 0.1) is 12.7 Å². The van der Waals surface area contributed by atoms with Gasteiger partial charge in [-0.2, -0.15) is 0 Å². The van der Waals surface area contributed by atoms with Crippen LogP contribution in [0.2, 0.25) is 0 Å². The zero-order chi connectivity index (χ0) is 14.1. The summed E-state index contributed by atoms with van der Waals surface area (Å²) in [6.45, 7) is 3.46. The number of carbonyl (C=O) groups is 1. The average Bonchev–Trinajstić information content (AvgIpc) is 2.49. The third-order valence-corrected chi connectivity index (χ3v) is 3.78. The summed E-state index contributed by atoms with van der Waals surface area (Å²) in [5.41, 5.74) is 4.18. The molecule has 0 amide bonds. The van der Waals surface area contributed by atoms with Crippen LogP contribution in [0.4, 0.5) is 4.39 Å². The number of nitrogens with one attached hydrogen (secondary N) is 1. The fourth-order valence-electron chi connectivity index (χ4n) is 2.57. The van der Waals surface area contributed by atoms with Crippen LogP contribution in [0.3, 0.4) is 0 Å². The van der Waals surface area contributed by atoms with E-state index in [2.05, 4.69) is 5.32 Å². The van der Waals surface area contributed by atoms with Crippen LogP contribution in [0.1, 0.15) is 32.6 Å². The Balaban J connectivity index is 1.95. The number of rotatable bonds is 2. The molecule has 2 nitrogen and oxygen atoms in total. The number of carbonyl (C=O) groups excluding carboxylic acids is 1. The van der Waals surface area contributed by atoms with Crippen molar-refractivity contribution in [3.8, 4) is 0 Å². The zero-order valence-corrected chi connectivity index (χ0v) is 11.4. The topological polar surface area (TPSA) is 29.1 Å². The van der Waals surface area contributed by atoms with Crippen molar-refractivity contribution in [1.29, 1.82) is 0 Å². The maximum atomic E-state index is 13.3. The Morgan fingerprint density at radius 3 is 2.65 bits per heavy atom. The summed E-state index contributed by atoms with van der Waals surface area (Å²) in [5.74, 6) is -0.335. The number of halogens is 1. The number of hydrogen-bond donors (Lipinski definition) is 1. The van der Waals surface area contributed by atoms with Gasteiger partial charge in [0.25, 0.3) is 0 Å². The van der Waals surface area contributed by atoms with Crippen molar-refractivity contribution in [2.45, 2.75) is 19.9 Å². The van der Waals surface area contributed by atoms with Gasteiger partial charge >= 0.3 is 0 Å². The first kappa shape index (κ1) is 13.0. The van der Waals surface area contributed by atoms with E-state index in [1.807, 2.05) is 18.2 Å². The minimum Gasteiger partial charge on any atom is -0.312 e. The van der Waals surface area contributed by atoms with Gasteiger partial charge in [0.2, 0.25) is 0 Å². The molecule has 0 aromatic heterocycles. The fraction of sp³-hybridized carbons (Fsp3) is 0.235. The number of aryl methyl sites for hydroxylation is 1. The molecule has 3 heteroatoms. The van der Waals surface area contributed by atoms with Gasteiger partial charge in [0.05, 0.1) is 0 Å². The Kier molecular flexibility index (Phi) is 3.36. The highest BCUT2D eigenvalue weighted by Gasteiger charge is 2.14. The van der Waals surface area contributed by atoms with E-state index in [0.29, 0.717) is 16.7 Å². The second-order valence-electron chi connectivity index (χ2n) is 5.20. The molecule has 0 unspecified atom stereocenters. The molecule has 2 aromatic carbocycles. The summed E-state index contributed by atoms with van der Waals surface area (Å²) in [4.78, 5) is 12.5. The molecule has 1 aliphatic rings. The predicted octanol–water partition coefficient (Wildman–Crippen LogP) is 3.01. The average molecular weight is 269 g/mol. The van der Waals surface area contributed by atoms with Gasteiger partial charge in [-0.25, -0.2) is 4.39 Å². The Morgan fingerprint density at radius 1 is 1.10 bits per heavy atom. The number of fused-ring (bicyclic) bond motifs is 1. The van der Waals surface area contributed by atoms with Gasteiger partial charge in [-0.1, -0.05) is 12.1 Å². The number of benzene rings is 2. The molecule has 20 heavy (non-hydrogen) atoms. The van der Waals surface area contributed by atoms with Crippen molar-refractivity contribution in [3.05, 3.63) is 70.0 Å². The fourth-order valence-corrected chi connectivity index (χ4v) is 2.57. The monoisotopic (exact) mass is 269 g/mol. The highest BCUT2D eigenvalue weighted by molar-refractivity contribution is 6.09. The molecule has 0 radical (unpaired) electrons. The summed E-state index contributed by atoms with van der Waals surface area (Å²) < 4.78 is 13.3. The molecule has 102 valence electrons. The first-order chi connectivity index (χ1) is 9.65. The van der Waals surface area contributed by atoms with E-state index in [1.165, 1.54) is 17.2 Å². The SMILES string of the molecule is Cc1cc(C(=O)c2ccc3c(c2)CNCC3)ccc1F. The summed E-state index contributed by atoms with van der Waals surface area (Å²) in [7, 11) is 0. The van der Waals surface area contributed by atoms with Gasteiger partial charge in [0, 0.05) is 17.7 Å². The molecule has 2 aromatic rings. The highest BCUT2D eigenvalue weighted by atomic mass is 19.1. The molecule has 0 saturated carbocycles. The van der Waals surface area contributed by atoms with E-state index in [1.54, 1.807) is 19.1 Å². The molecule has 0 saturated heterocycles. The Bertz CT molecular complexity index is 679. The first-order valence-electron chi connectivity index (χ1n) is 6.78. The molecule has 0 fully saturated rings. The molecular weight excluding hydrogens is 253 g/mol. The van der Waals surface area contributed by atoms with Gasteiger partial charge in [-0.3, -0.25) is 4.79 Å². The van der Waals surface area contributed by atoms with Gasteiger partial charge < -0.3 is 5.32 Å². The van der Waals surface area contributed by atoms with Crippen LogP contribution < -0.4 is 5.32 Å². The van der Waals surface area contributed by atoms with Crippen LogP contribution in [0.15, 0.2) is 36.4 Å². The first-order valence-corrected chi connectivity index (χ1v) is 6.78. The van der Waals surface area contributed by atoms with Crippen LogP contribution in [-0.2, 0) is 13.0 Å². The minimum atomic E-state index is -0.281. The second-order valence-corrected chi connectivity index (χ2v) is 5.20. The van der Waals surface area contributed by atoms with Crippen molar-refractivity contribution in [2.24, 2.45) is 0 Å². The Labute approximate surface area is 117 Å². The number of ketones is 1. The lowest BCUT2D eigenvalue weighted by molar-refractivity contribution is 0.103. The van der Waals surface area contributed by atoms with Crippen molar-refractivity contribution in [2.75, 3.05) is 6.54 Å². The van der Waals surface area contributed by atoms with Crippen molar-refractivity contribution in [3.63, 3.8) is 0 Å². The molecule has 0 atom stereocenters. The molecule has 1 N–H and O–H groups in total. The van der Waals surface area contributed by atoms with Crippen LogP contribution in [-0.4, -0.2) is 12.3 Å². The zero-order valence-electron chi connectivity index (χ0n) is 11.4. The van der Waals surface area contributed by atoms with Crippen molar-refractivity contribution < 1.29 is 9.18 Å². The maximum absolute atomic E-state index is 13.3. The summed E-state index contributed by atoms with van der Waals surface area (Å²) >= 11 is 0. The van der Waals surface area contributed by atoms with Gasteiger partial charge in [0.15, 0.2) is 5.78 Å². The van der Waals surface area contributed by atoms with Crippen molar-refractivity contribution in [1.82, 2.24) is 5.32 Å². The lowest BCUT2D eigenvalue weighted by atomic mass is 9.94. The molecule has 1 heterocycles. The standard InChI is InChI=1S/C17H16FNO/c1-11-8-13(4-5-16(11)18)17(20)14-3-2-12-6-7-19-10-15(12)9-14/h2-5,8-9,19H,6-7,10H2,1H3. The molecule has 3 rings (SSSR count). The van der Waals surface area contributed by atoms with E-state index in [4.69, 9.17) is 0 Å². The van der Waals surface area contributed by atoms with E-state index in [-0.39, 0.29) is 11.6 Å². The predicted molar refractivity (Wildman–Crippen MR) is 76.4 cm³/mol. The van der Waals surface area contributed by atoms with E-state index in [0.717, 1.165) is 19.5 Å². The van der Waals surface area contributed by atoms with Crippen LogP contribution in [0.5, 0.6) is 0 Å². The highest BCUT2D eigenvalue weighted by Crippen LogP contribution is 2.19. The summed E-state index contributed by atoms with van der Waals surface area (Å²) in [6.07, 6.45) is 0.999. The van der Waals surface area contributed by atoms with Crippen LogP contribution in [0.25, 0.3) is 0 Å². The molecule has 0 aliphatic carbocycles. The third kappa shape index (κ3) is 2.37. The lowest BCUT2D eigenvalue weighted by Gasteiger charge is -2.17. The Morgan fingerprint density at radius 2 is 1.85 bits per heavy atom. The second kappa shape index (κ2) is 5.17. The van der Waals surface area contributed by atoms with E-state index >= 15 is 0 Å². The maximum Gasteiger partial charge on any atom is 0.193 e. The molecule has 0 spiro atoms. The third-order valence-electron chi connectivity index (χ3n) is 3.78. The van der Waals surface area contributed by atoms with Gasteiger partial charge in [-0.15, -0.1) is 0 Å². The molecule has 0 bridgehead atoms. The molecular formula is C17H16FNO. The number of hydrogen-bond acceptors (Lipinski definition) is 2. The normalized spacial score (nSPS) is 13.9. The minimum absolute atomic E-state index is 0.0542. The lowest BCUT2D eigenvalue weighted by Crippen LogP contribution is -2.23. The summed E-state index contributed by atoms with van der Waals surface area (Å²) in [5, 5.41) is 3.30.